The third kappa shape index (κ3) is 4.00. The first-order chi connectivity index (χ1) is 14.8. The lowest BCUT2D eigenvalue weighted by Crippen LogP contribution is -2.50. The zero-order valence-electron chi connectivity index (χ0n) is 18.3. The maximum absolute atomic E-state index is 12.9. The fourth-order valence-electron chi connectivity index (χ4n) is 6.61. The van der Waals surface area contributed by atoms with Gasteiger partial charge >= 0.3 is 5.97 Å². The minimum Gasteiger partial charge on any atom is -0.462 e. The molecule has 31 heavy (non-hydrogen) atoms. The molecule has 1 aromatic rings. The molecule has 0 bridgehead atoms. The van der Waals surface area contributed by atoms with Crippen molar-refractivity contribution in [2.24, 2.45) is 23.2 Å². The molecule has 2 heterocycles. The summed E-state index contributed by atoms with van der Waals surface area (Å²) in [6.07, 6.45) is 5.78. The van der Waals surface area contributed by atoms with Crippen LogP contribution in [0.4, 0.5) is 5.69 Å². The van der Waals surface area contributed by atoms with Gasteiger partial charge in [-0.25, -0.2) is 0 Å². The highest BCUT2D eigenvalue weighted by molar-refractivity contribution is 6.42. The Labute approximate surface area is 195 Å². The average Bonchev–Trinajstić information content (AvgIpc) is 3.03. The Morgan fingerprint density at radius 3 is 2.71 bits per heavy atom. The fourth-order valence-corrected chi connectivity index (χ4v) is 6.91. The van der Waals surface area contributed by atoms with Crippen LogP contribution in [0.1, 0.15) is 39.0 Å². The van der Waals surface area contributed by atoms with Crippen molar-refractivity contribution in [2.75, 3.05) is 37.6 Å². The monoisotopic (exact) mass is 462 g/mol. The molecule has 4 aliphatic rings. The average molecular weight is 463 g/mol. The van der Waals surface area contributed by atoms with Crippen molar-refractivity contribution in [1.29, 1.82) is 0 Å². The summed E-state index contributed by atoms with van der Waals surface area (Å²) in [7, 11) is 0. The van der Waals surface area contributed by atoms with Crippen molar-refractivity contribution < 1.29 is 9.53 Å². The highest BCUT2D eigenvalue weighted by Crippen LogP contribution is 2.56. The van der Waals surface area contributed by atoms with E-state index >= 15 is 0 Å². The van der Waals surface area contributed by atoms with Crippen LogP contribution in [-0.4, -0.2) is 49.7 Å². The lowest BCUT2D eigenvalue weighted by molar-refractivity contribution is -0.146. The van der Waals surface area contributed by atoms with E-state index in [0.29, 0.717) is 21.9 Å². The second kappa shape index (κ2) is 8.28. The molecule has 4 fully saturated rings. The van der Waals surface area contributed by atoms with E-state index in [9.17, 15) is 4.79 Å². The number of ether oxygens (including phenoxy) is 1. The molecule has 0 N–H and O–H groups in total. The van der Waals surface area contributed by atoms with Gasteiger partial charge < -0.3 is 9.64 Å². The molecule has 168 valence electrons. The number of fused-ring (bicyclic) bond motifs is 2. The molecule has 2 aliphatic carbocycles. The Morgan fingerprint density at radius 1 is 1.19 bits per heavy atom. The molecule has 4 nitrogen and oxygen atoms in total. The molecule has 6 heteroatoms. The van der Waals surface area contributed by atoms with E-state index in [2.05, 4.69) is 23.3 Å². The van der Waals surface area contributed by atoms with Gasteiger partial charge in [0.25, 0.3) is 0 Å². The van der Waals surface area contributed by atoms with E-state index in [4.69, 9.17) is 27.9 Å². The van der Waals surface area contributed by atoms with E-state index in [1.807, 2.05) is 18.2 Å². The highest BCUT2D eigenvalue weighted by Gasteiger charge is 2.55. The van der Waals surface area contributed by atoms with Crippen LogP contribution in [0.5, 0.6) is 0 Å². The van der Waals surface area contributed by atoms with Gasteiger partial charge in [0.15, 0.2) is 0 Å². The number of rotatable bonds is 3. The molecule has 1 unspecified atom stereocenters. The zero-order chi connectivity index (χ0) is 21.8. The first kappa shape index (κ1) is 21.6. The van der Waals surface area contributed by atoms with E-state index in [0.717, 1.165) is 57.7 Å². The van der Waals surface area contributed by atoms with Crippen LogP contribution in [0.25, 0.3) is 0 Å². The van der Waals surface area contributed by atoms with Gasteiger partial charge in [0.1, 0.15) is 6.10 Å². The van der Waals surface area contributed by atoms with Gasteiger partial charge in [0.2, 0.25) is 0 Å². The van der Waals surface area contributed by atoms with Gasteiger partial charge in [0, 0.05) is 44.3 Å². The second-order valence-corrected chi connectivity index (χ2v) is 11.1. The van der Waals surface area contributed by atoms with Crippen LogP contribution in [0.2, 0.25) is 10.0 Å². The first-order valence-electron chi connectivity index (χ1n) is 11.6. The van der Waals surface area contributed by atoms with Crippen LogP contribution in [0.15, 0.2) is 30.4 Å². The van der Waals surface area contributed by atoms with E-state index in [1.54, 1.807) is 0 Å². The minimum atomic E-state index is 0.000743. The summed E-state index contributed by atoms with van der Waals surface area (Å²) >= 11 is 12.3. The van der Waals surface area contributed by atoms with Crippen LogP contribution in [0.3, 0.4) is 0 Å². The highest BCUT2D eigenvalue weighted by atomic mass is 35.5. The molecule has 0 spiro atoms. The molecule has 2 saturated carbocycles. The predicted molar refractivity (Wildman–Crippen MR) is 126 cm³/mol. The molecular weight excluding hydrogens is 431 g/mol. The standard InChI is InChI=1S/C25H32Cl2N2O2/c1-16-4-3-7-25(2)14-23-18(13-20(16)25)19(24(30)31-23)15-28-8-10-29(11-9-28)17-5-6-21(26)22(27)12-17/h5-6,12,18-20,23H,1,3-4,7-11,13-15H2,2H3/t18-,19?,20+,23-,25-/m1/s1. The molecule has 0 amide bonds. The van der Waals surface area contributed by atoms with E-state index in [-0.39, 0.29) is 23.4 Å². The van der Waals surface area contributed by atoms with Gasteiger partial charge in [-0.15, -0.1) is 0 Å². The van der Waals surface area contributed by atoms with Gasteiger partial charge in [-0.1, -0.05) is 42.3 Å². The lowest BCUT2D eigenvalue weighted by atomic mass is 9.55. The summed E-state index contributed by atoms with van der Waals surface area (Å²) in [5.41, 5.74) is 2.77. The number of piperazine rings is 1. The number of carbonyl (C=O) groups is 1. The fraction of sp³-hybridized carbons (Fsp3) is 0.640. The van der Waals surface area contributed by atoms with Crippen LogP contribution in [0, 0.1) is 23.2 Å². The van der Waals surface area contributed by atoms with Gasteiger partial charge in [-0.2, -0.15) is 0 Å². The van der Waals surface area contributed by atoms with Crippen molar-refractivity contribution in [2.45, 2.75) is 45.1 Å². The number of hydrogen-bond donors (Lipinski definition) is 0. The van der Waals surface area contributed by atoms with Crippen LogP contribution >= 0.6 is 23.2 Å². The van der Waals surface area contributed by atoms with Crippen LogP contribution in [-0.2, 0) is 9.53 Å². The van der Waals surface area contributed by atoms with Gasteiger partial charge in [-0.05, 0) is 61.6 Å². The molecular formula is C25H32Cl2N2O2. The quantitative estimate of drug-likeness (QED) is 0.442. The number of carbonyl (C=O) groups excluding carboxylic acids is 1. The Balaban J connectivity index is 1.22. The van der Waals surface area contributed by atoms with Gasteiger partial charge in [-0.3, -0.25) is 9.69 Å². The maximum atomic E-state index is 12.9. The number of hydrogen-bond acceptors (Lipinski definition) is 4. The molecule has 5 rings (SSSR count). The smallest absolute Gasteiger partial charge is 0.310 e. The van der Waals surface area contributed by atoms with Gasteiger partial charge in [0.05, 0.1) is 16.0 Å². The van der Waals surface area contributed by atoms with Crippen molar-refractivity contribution in [1.82, 2.24) is 4.90 Å². The Hall–Kier alpha value is -1.23. The maximum Gasteiger partial charge on any atom is 0.310 e. The lowest BCUT2D eigenvalue weighted by Gasteiger charge is -2.50. The summed E-state index contributed by atoms with van der Waals surface area (Å²) in [5, 5.41) is 1.18. The molecule has 2 aliphatic heterocycles. The number of allylic oxidation sites excluding steroid dienone is 1. The van der Waals surface area contributed by atoms with E-state index in [1.165, 1.54) is 18.4 Å². The zero-order valence-corrected chi connectivity index (χ0v) is 19.8. The summed E-state index contributed by atoms with van der Waals surface area (Å²) in [4.78, 5) is 17.6. The predicted octanol–water partition coefficient (Wildman–Crippen LogP) is 5.43. The minimum absolute atomic E-state index is 0.000743. The molecule has 1 aromatic carbocycles. The second-order valence-electron chi connectivity index (χ2n) is 10.3. The summed E-state index contributed by atoms with van der Waals surface area (Å²) in [5.74, 6) is 0.912. The van der Waals surface area contributed by atoms with Crippen molar-refractivity contribution in [3.63, 3.8) is 0 Å². The van der Waals surface area contributed by atoms with E-state index < -0.39 is 0 Å². The Bertz CT molecular complexity index is 882. The summed E-state index contributed by atoms with van der Waals surface area (Å²) in [6.45, 7) is 11.3. The summed E-state index contributed by atoms with van der Waals surface area (Å²) in [6, 6.07) is 5.82. The Morgan fingerprint density at radius 2 is 1.97 bits per heavy atom. The van der Waals surface area contributed by atoms with Crippen molar-refractivity contribution >= 4 is 34.9 Å². The summed E-state index contributed by atoms with van der Waals surface area (Å²) < 4.78 is 5.95. The van der Waals surface area contributed by atoms with Crippen molar-refractivity contribution in [3.8, 4) is 0 Å². The largest absolute Gasteiger partial charge is 0.462 e. The molecule has 5 atom stereocenters. The molecule has 0 radical (unpaired) electrons. The first-order valence-corrected chi connectivity index (χ1v) is 12.4. The SMILES string of the molecule is C=C1CCC[C@]2(C)C[C@H]3OC(=O)C(CN4CCN(c5ccc(Cl)c(Cl)c5)CC4)[C@H]3C[C@@H]12. The normalized spacial score (nSPS) is 36.2. The number of halogens is 2. The topological polar surface area (TPSA) is 32.8 Å². The Kier molecular flexibility index (Phi) is 5.77. The number of anilines is 1. The van der Waals surface area contributed by atoms with Crippen LogP contribution < -0.4 is 4.90 Å². The molecule has 0 aromatic heterocycles. The number of benzene rings is 1. The number of nitrogens with zero attached hydrogens (tertiary/aromatic N) is 2. The third-order valence-electron chi connectivity index (χ3n) is 8.42. The third-order valence-corrected chi connectivity index (χ3v) is 9.15. The van der Waals surface area contributed by atoms with Crippen molar-refractivity contribution in [3.05, 3.63) is 40.4 Å². The molecule has 2 saturated heterocycles. The number of esters is 1.